The van der Waals surface area contributed by atoms with Gasteiger partial charge in [0, 0.05) is 19.6 Å². The van der Waals surface area contributed by atoms with Gasteiger partial charge >= 0.3 is 0 Å². The number of hydrogen-bond donors (Lipinski definition) is 1. The summed E-state index contributed by atoms with van der Waals surface area (Å²) in [7, 11) is -3.15. The van der Waals surface area contributed by atoms with Gasteiger partial charge in [-0.3, -0.25) is 0 Å². The SMILES string of the molecule is CC(CN)S(=O)(=O)N1CCC2CCCCC2C1. The fourth-order valence-electron chi connectivity index (χ4n) is 3.17. The quantitative estimate of drug-likeness (QED) is 0.828. The minimum atomic E-state index is -3.15. The van der Waals surface area contributed by atoms with Crippen molar-refractivity contribution in [2.75, 3.05) is 19.6 Å². The summed E-state index contributed by atoms with van der Waals surface area (Å²) in [6.45, 7) is 3.36. The molecule has 1 heterocycles. The van der Waals surface area contributed by atoms with Crippen molar-refractivity contribution in [3.8, 4) is 0 Å². The highest BCUT2D eigenvalue weighted by molar-refractivity contribution is 7.89. The van der Waals surface area contributed by atoms with E-state index < -0.39 is 15.3 Å². The first-order valence-corrected chi connectivity index (χ1v) is 8.25. The number of sulfonamides is 1. The second-order valence-electron chi connectivity index (χ2n) is 5.54. The highest BCUT2D eigenvalue weighted by atomic mass is 32.2. The van der Waals surface area contributed by atoms with Crippen molar-refractivity contribution in [3.63, 3.8) is 0 Å². The number of piperidine rings is 1. The molecule has 1 saturated heterocycles. The van der Waals surface area contributed by atoms with E-state index in [-0.39, 0.29) is 6.54 Å². The molecule has 2 rings (SSSR count). The molecule has 0 amide bonds. The molecule has 0 aromatic rings. The Morgan fingerprint density at radius 3 is 2.53 bits per heavy atom. The van der Waals surface area contributed by atoms with E-state index in [1.807, 2.05) is 0 Å². The average Bonchev–Trinajstić information content (AvgIpc) is 2.37. The van der Waals surface area contributed by atoms with Gasteiger partial charge in [-0.05, 0) is 31.6 Å². The molecule has 2 N–H and O–H groups in total. The Hall–Kier alpha value is -0.130. The molecular formula is C12H24N2O2S. The third-order valence-corrected chi connectivity index (χ3v) is 6.72. The van der Waals surface area contributed by atoms with Gasteiger partial charge in [-0.1, -0.05) is 19.3 Å². The average molecular weight is 260 g/mol. The molecule has 3 unspecified atom stereocenters. The van der Waals surface area contributed by atoms with Gasteiger partial charge in [0.05, 0.1) is 5.25 Å². The molecule has 2 aliphatic rings. The Morgan fingerprint density at radius 2 is 1.88 bits per heavy atom. The van der Waals surface area contributed by atoms with E-state index in [1.54, 1.807) is 11.2 Å². The van der Waals surface area contributed by atoms with Gasteiger partial charge in [0.25, 0.3) is 0 Å². The van der Waals surface area contributed by atoms with Crippen LogP contribution >= 0.6 is 0 Å². The molecule has 0 radical (unpaired) electrons. The lowest BCUT2D eigenvalue weighted by Gasteiger charge is -2.41. The van der Waals surface area contributed by atoms with Gasteiger partial charge in [-0.2, -0.15) is 0 Å². The minimum Gasteiger partial charge on any atom is -0.329 e. The maximum atomic E-state index is 12.2. The highest BCUT2D eigenvalue weighted by Gasteiger charge is 2.37. The van der Waals surface area contributed by atoms with Crippen LogP contribution in [0.5, 0.6) is 0 Å². The van der Waals surface area contributed by atoms with Gasteiger partial charge in [0.1, 0.15) is 0 Å². The molecule has 0 aromatic carbocycles. The zero-order chi connectivity index (χ0) is 12.5. The number of hydrogen-bond acceptors (Lipinski definition) is 3. The lowest BCUT2D eigenvalue weighted by Crippen LogP contribution is -2.48. The Kier molecular flexibility index (Phi) is 4.10. The maximum Gasteiger partial charge on any atom is 0.217 e. The first-order chi connectivity index (χ1) is 8.05. The van der Waals surface area contributed by atoms with E-state index in [4.69, 9.17) is 5.73 Å². The van der Waals surface area contributed by atoms with E-state index in [0.717, 1.165) is 18.9 Å². The molecule has 0 aromatic heterocycles. The van der Waals surface area contributed by atoms with Crippen molar-refractivity contribution in [3.05, 3.63) is 0 Å². The Balaban J connectivity index is 2.04. The van der Waals surface area contributed by atoms with Crippen molar-refractivity contribution in [1.82, 2.24) is 4.31 Å². The molecule has 5 heteroatoms. The minimum absolute atomic E-state index is 0.215. The van der Waals surface area contributed by atoms with E-state index in [0.29, 0.717) is 12.5 Å². The Labute approximate surface area is 105 Å². The molecule has 1 aliphatic carbocycles. The first-order valence-electron chi connectivity index (χ1n) is 6.74. The summed E-state index contributed by atoms with van der Waals surface area (Å²) in [4.78, 5) is 0. The van der Waals surface area contributed by atoms with Crippen molar-refractivity contribution in [2.45, 2.75) is 44.3 Å². The fraction of sp³-hybridized carbons (Fsp3) is 1.00. The molecule has 17 heavy (non-hydrogen) atoms. The van der Waals surface area contributed by atoms with Crippen molar-refractivity contribution in [1.29, 1.82) is 0 Å². The number of nitrogens with two attached hydrogens (primary N) is 1. The first kappa shape index (κ1) is 13.3. The van der Waals surface area contributed by atoms with Crippen LogP contribution in [0.4, 0.5) is 0 Å². The molecule has 100 valence electrons. The topological polar surface area (TPSA) is 63.4 Å². The van der Waals surface area contributed by atoms with E-state index >= 15 is 0 Å². The summed E-state index contributed by atoms with van der Waals surface area (Å²) >= 11 is 0. The molecule has 0 spiro atoms. The van der Waals surface area contributed by atoms with Crippen LogP contribution in [0.3, 0.4) is 0 Å². The zero-order valence-corrected chi connectivity index (χ0v) is 11.5. The lowest BCUT2D eigenvalue weighted by atomic mass is 9.76. The molecule has 4 nitrogen and oxygen atoms in total. The largest absolute Gasteiger partial charge is 0.329 e. The normalized spacial score (nSPS) is 33.1. The predicted molar refractivity (Wildman–Crippen MR) is 69.1 cm³/mol. The Bertz CT molecular complexity index is 356. The van der Waals surface area contributed by atoms with Gasteiger partial charge < -0.3 is 5.73 Å². The predicted octanol–water partition coefficient (Wildman–Crippen LogP) is 1.18. The Morgan fingerprint density at radius 1 is 1.24 bits per heavy atom. The standard InChI is InChI=1S/C12H24N2O2S/c1-10(8-13)17(15,16)14-7-6-11-4-2-3-5-12(11)9-14/h10-12H,2-9,13H2,1H3. The fourth-order valence-corrected chi connectivity index (χ4v) is 4.69. The van der Waals surface area contributed by atoms with Crippen molar-refractivity contribution in [2.24, 2.45) is 17.6 Å². The van der Waals surface area contributed by atoms with E-state index in [2.05, 4.69) is 0 Å². The molecule has 3 atom stereocenters. The van der Waals surface area contributed by atoms with Crippen LogP contribution in [-0.4, -0.2) is 37.6 Å². The summed E-state index contributed by atoms with van der Waals surface area (Å²) in [5.74, 6) is 1.36. The van der Waals surface area contributed by atoms with Gasteiger partial charge in [-0.15, -0.1) is 0 Å². The number of fused-ring (bicyclic) bond motifs is 1. The monoisotopic (exact) mass is 260 g/mol. The van der Waals surface area contributed by atoms with E-state index in [1.165, 1.54) is 25.7 Å². The van der Waals surface area contributed by atoms with Crippen molar-refractivity contribution < 1.29 is 8.42 Å². The third-order valence-electron chi connectivity index (χ3n) is 4.45. The van der Waals surface area contributed by atoms with Crippen molar-refractivity contribution >= 4 is 10.0 Å². The van der Waals surface area contributed by atoms with Crippen LogP contribution < -0.4 is 5.73 Å². The van der Waals surface area contributed by atoms with Gasteiger partial charge in [0.15, 0.2) is 0 Å². The summed E-state index contributed by atoms with van der Waals surface area (Å²) < 4.78 is 26.2. The summed E-state index contributed by atoms with van der Waals surface area (Å²) in [6.07, 6.45) is 6.13. The number of nitrogens with zero attached hydrogens (tertiary/aromatic N) is 1. The highest BCUT2D eigenvalue weighted by Crippen LogP contribution is 2.37. The second kappa shape index (κ2) is 5.24. The molecule has 0 bridgehead atoms. The maximum absolute atomic E-state index is 12.2. The molecule has 1 saturated carbocycles. The van der Waals surface area contributed by atoms with Crippen LogP contribution in [0.15, 0.2) is 0 Å². The van der Waals surface area contributed by atoms with Gasteiger partial charge in [-0.25, -0.2) is 12.7 Å². The molecule has 2 fully saturated rings. The van der Waals surface area contributed by atoms with Gasteiger partial charge in [0.2, 0.25) is 10.0 Å². The zero-order valence-electron chi connectivity index (χ0n) is 10.6. The second-order valence-corrected chi connectivity index (χ2v) is 7.89. The van der Waals surface area contributed by atoms with Crippen LogP contribution in [0.1, 0.15) is 39.0 Å². The molecular weight excluding hydrogens is 236 g/mol. The van der Waals surface area contributed by atoms with Crippen LogP contribution in [0, 0.1) is 11.8 Å². The number of rotatable bonds is 3. The summed E-state index contributed by atoms with van der Waals surface area (Å²) in [5.41, 5.74) is 5.49. The van der Waals surface area contributed by atoms with Crippen LogP contribution in [0.25, 0.3) is 0 Å². The third kappa shape index (κ3) is 2.66. The lowest BCUT2D eigenvalue weighted by molar-refractivity contribution is 0.136. The summed E-state index contributed by atoms with van der Waals surface area (Å²) in [6, 6.07) is 0. The summed E-state index contributed by atoms with van der Waals surface area (Å²) in [5, 5.41) is -0.442. The smallest absolute Gasteiger partial charge is 0.217 e. The van der Waals surface area contributed by atoms with E-state index in [9.17, 15) is 8.42 Å². The van der Waals surface area contributed by atoms with Crippen LogP contribution in [-0.2, 0) is 10.0 Å². The van der Waals surface area contributed by atoms with Crippen LogP contribution in [0.2, 0.25) is 0 Å². The molecule has 1 aliphatic heterocycles.